The van der Waals surface area contributed by atoms with Gasteiger partial charge >= 0.3 is 6.01 Å². The molecule has 0 bridgehead atoms. The van der Waals surface area contributed by atoms with Gasteiger partial charge in [-0.25, -0.2) is 0 Å². The Hall–Kier alpha value is -3.40. The van der Waals surface area contributed by atoms with Gasteiger partial charge in [0.25, 0.3) is 11.8 Å². The smallest absolute Gasteiger partial charge is 0.322 e. The Bertz CT molecular complexity index is 968. The minimum absolute atomic E-state index is 0.0241. The van der Waals surface area contributed by atoms with Gasteiger partial charge in [0.1, 0.15) is 11.6 Å². The normalized spacial score (nSPS) is 11.4. The first-order chi connectivity index (χ1) is 13.6. The van der Waals surface area contributed by atoms with Crippen LogP contribution in [0.2, 0.25) is 0 Å². The Labute approximate surface area is 165 Å². The second-order valence-electron chi connectivity index (χ2n) is 5.85. The predicted octanol–water partition coefficient (Wildman–Crippen LogP) is 2.61. The molecular formula is C18H20N6O3S. The molecule has 0 aliphatic heterocycles. The van der Waals surface area contributed by atoms with Crippen LogP contribution in [0.3, 0.4) is 0 Å². The number of thiophene rings is 1. The molecule has 1 amide bonds. The summed E-state index contributed by atoms with van der Waals surface area (Å²) in [6, 6.07) is 9.13. The molecule has 9 nitrogen and oxygen atoms in total. The van der Waals surface area contributed by atoms with Gasteiger partial charge in [-0.05, 0) is 42.0 Å². The van der Waals surface area contributed by atoms with Crippen molar-refractivity contribution in [2.24, 2.45) is 16.7 Å². The lowest BCUT2D eigenvalue weighted by molar-refractivity contribution is 0.102. The van der Waals surface area contributed by atoms with Crippen LogP contribution in [-0.4, -0.2) is 29.0 Å². The van der Waals surface area contributed by atoms with Crippen LogP contribution in [0.25, 0.3) is 10.8 Å². The molecule has 0 unspecified atom stereocenters. The van der Waals surface area contributed by atoms with E-state index in [1.54, 1.807) is 6.07 Å². The maximum Gasteiger partial charge on any atom is 0.322 e. The van der Waals surface area contributed by atoms with Gasteiger partial charge in [0.05, 0.1) is 17.6 Å². The molecule has 0 aliphatic rings. The van der Waals surface area contributed by atoms with Crippen LogP contribution in [0.5, 0.6) is 5.75 Å². The van der Waals surface area contributed by atoms with E-state index < -0.39 is 5.91 Å². The van der Waals surface area contributed by atoms with Gasteiger partial charge in [-0.15, -0.1) is 16.4 Å². The van der Waals surface area contributed by atoms with Gasteiger partial charge in [0, 0.05) is 6.42 Å². The van der Waals surface area contributed by atoms with Crippen LogP contribution in [0.1, 0.15) is 28.8 Å². The fourth-order valence-corrected chi connectivity index (χ4v) is 3.20. The summed E-state index contributed by atoms with van der Waals surface area (Å²) in [4.78, 5) is 13.4. The quantitative estimate of drug-likeness (QED) is 0.228. The van der Waals surface area contributed by atoms with E-state index in [9.17, 15) is 4.79 Å². The Morgan fingerprint density at radius 2 is 2.21 bits per heavy atom. The van der Waals surface area contributed by atoms with Crippen LogP contribution in [0.15, 0.2) is 45.2 Å². The molecule has 0 atom stereocenters. The molecule has 0 radical (unpaired) electrons. The molecule has 2 heterocycles. The summed E-state index contributed by atoms with van der Waals surface area (Å²) >= 11 is 1.47. The lowest BCUT2D eigenvalue weighted by Gasteiger charge is -2.10. The van der Waals surface area contributed by atoms with Gasteiger partial charge in [-0.3, -0.25) is 10.1 Å². The third kappa shape index (κ3) is 4.65. The van der Waals surface area contributed by atoms with E-state index in [2.05, 4.69) is 20.6 Å². The highest BCUT2D eigenvalue weighted by molar-refractivity contribution is 7.13. The van der Waals surface area contributed by atoms with Crippen molar-refractivity contribution in [3.05, 3.63) is 46.8 Å². The van der Waals surface area contributed by atoms with Crippen molar-refractivity contribution in [3.63, 3.8) is 0 Å². The number of rotatable bonds is 8. The molecule has 0 saturated carbocycles. The van der Waals surface area contributed by atoms with Crippen molar-refractivity contribution < 1.29 is 13.9 Å². The first-order valence-corrected chi connectivity index (χ1v) is 9.36. The molecular weight excluding hydrogens is 380 g/mol. The number of aromatic nitrogens is 2. The monoisotopic (exact) mass is 400 g/mol. The SMILES string of the molecule is COc1cc(CCC/C(N)=N/N)ccc1C(=O)Nc1nnc(-c2cccs2)o1. The van der Waals surface area contributed by atoms with E-state index in [1.165, 1.54) is 18.4 Å². The molecule has 0 saturated heterocycles. The fourth-order valence-electron chi connectivity index (χ4n) is 2.55. The molecule has 5 N–H and O–H groups in total. The number of amidine groups is 1. The third-order valence-corrected chi connectivity index (χ3v) is 4.81. The second-order valence-corrected chi connectivity index (χ2v) is 6.80. The predicted molar refractivity (Wildman–Crippen MR) is 107 cm³/mol. The lowest BCUT2D eigenvalue weighted by Crippen LogP contribution is -2.14. The molecule has 2 aromatic heterocycles. The molecule has 0 fully saturated rings. The maximum atomic E-state index is 12.6. The Morgan fingerprint density at radius 1 is 1.36 bits per heavy atom. The fraction of sp³-hybridized carbons (Fsp3) is 0.222. The van der Waals surface area contributed by atoms with Crippen molar-refractivity contribution in [2.75, 3.05) is 12.4 Å². The van der Waals surface area contributed by atoms with E-state index in [0.717, 1.165) is 23.3 Å². The van der Waals surface area contributed by atoms with Crippen molar-refractivity contribution >= 4 is 29.1 Å². The molecule has 3 rings (SSSR count). The number of methoxy groups -OCH3 is 1. The number of hydrogen-bond acceptors (Lipinski definition) is 8. The molecule has 1 aromatic carbocycles. The number of hydrogen-bond donors (Lipinski definition) is 3. The number of nitrogens with one attached hydrogen (secondary N) is 1. The number of aryl methyl sites for hydroxylation is 1. The highest BCUT2D eigenvalue weighted by atomic mass is 32.1. The van der Waals surface area contributed by atoms with E-state index in [4.69, 9.17) is 20.7 Å². The Balaban J connectivity index is 1.67. The standard InChI is InChI=1S/C18H20N6O3S/c1-26-13-10-11(4-2-6-15(19)22-20)7-8-12(13)16(25)21-18-24-23-17(27-18)14-5-3-9-28-14/h3,5,7-10H,2,4,6,20H2,1H3,(H2,19,22)(H,21,24,25). The first kappa shape index (κ1) is 19.4. The summed E-state index contributed by atoms with van der Waals surface area (Å²) in [6.07, 6.45) is 2.14. The summed E-state index contributed by atoms with van der Waals surface area (Å²) in [5.74, 6) is 5.94. The zero-order chi connectivity index (χ0) is 19.9. The van der Waals surface area contributed by atoms with E-state index in [0.29, 0.717) is 29.5 Å². The van der Waals surface area contributed by atoms with Gasteiger partial charge < -0.3 is 20.7 Å². The number of carbonyl (C=O) groups excluding carboxylic acids is 1. The largest absolute Gasteiger partial charge is 0.496 e. The van der Waals surface area contributed by atoms with E-state index in [1.807, 2.05) is 29.6 Å². The van der Waals surface area contributed by atoms with Crippen molar-refractivity contribution in [2.45, 2.75) is 19.3 Å². The van der Waals surface area contributed by atoms with Crippen molar-refractivity contribution in [1.82, 2.24) is 10.2 Å². The van der Waals surface area contributed by atoms with Gasteiger partial charge in [0.2, 0.25) is 0 Å². The van der Waals surface area contributed by atoms with E-state index >= 15 is 0 Å². The summed E-state index contributed by atoms with van der Waals surface area (Å²) in [5.41, 5.74) is 6.97. The summed E-state index contributed by atoms with van der Waals surface area (Å²) in [5, 5.41) is 15.7. The van der Waals surface area contributed by atoms with Crippen LogP contribution in [0.4, 0.5) is 6.01 Å². The lowest BCUT2D eigenvalue weighted by atomic mass is 10.0. The van der Waals surface area contributed by atoms with Crippen molar-refractivity contribution in [1.29, 1.82) is 0 Å². The number of hydrazone groups is 1. The average Bonchev–Trinajstić information content (AvgIpc) is 3.39. The van der Waals surface area contributed by atoms with Crippen LogP contribution in [-0.2, 0) is 6.42 Å². The Kier molecular flexibility index (Phi) is 6.22. The van der Waals surface area contributed by atoms with Gasteiger partial charge in [-0.1, -0.05) is 17.2 Å². The number of benzene rings is 1. The highest BCUT2D eigenvalue weighted by Gasteiger charge is 2.17. The number of amides is 1. The summed E-state index contributed by atoms with van der Waals surface area (Å²) < 4.78 is 10.8. The van der Waals surface area contributed by atoms with Crippen molar-refractivity contribution in [3.8, 4) is 16.5 Å². The molecule has 28 heavy (non-hydrogen) atoms. The molecule has 10 heteroatoms. The number of ether oxygens (including phenoxy) is 1. The van der Waals surface area contributed by atoms with Crippen LogP contribution < -0.4 is 21.6 Å². The van der Waals surface area contributed by atoms with Gasteiger partial charge in [0.15, 0.2) is 0 Å². The highest BCUT2D eigenvalue weighted by Crippen LogP contribution is 2.26. The first-order valence-electron chi connectivity index (χ1n) is 8.48. The molecule has 0 aliphatic carbocycles. The Morgan fingerprint density at radius 3 is 2.93 bits per heavy atom. The zero-order valence-corrected chi connectivity index (χ0v) is 16.0. The topological polar surface area (TPSA) is 142 Å². The molecule has 3 aromatic rings. The molecule has 146 valence electrons. The molecule has 0 spiro atoms. The summed E-state index contributed by atoms with van der Waals surface area (Å²) in [6.45, 7) is 0. The minimum Gasteiger partial charge on any atom is -0.496 e. The minimum atomic E-state index is -0.399. The van der Waals surface area contributed by atoms with E-state index in [-0.39, 0.29) is 6.01 Å². The number of nitrogens with zero attached hydrogens (tertiary/aromatic N) is 3. The second kappa shape index (κ2) is 9.00. The summed E-state index contributed by atoms with van der Waals surface area (Å²) in [7, 11) is 1.51. The maximum absolute atomic E-state index is 12.6. The third-order valence-electron chi connectivity index (χ3n) is 3.95. The van der Waals surface area contributed by atoms with Gasteiger partial charge in [-0.2, -0.15) is 5.10 Å². The number of nitrogens with two attached hydrogens (primary N) is 2. The van der Waals surface area contributed by atoms with Crippen LogP contribution in [0, 0.1) is 0 Å². The number of carbonyl (C=O) groups is 1. The number of anilines is 1. The van der Waals surface area contributed by atoms with Crippen LogP contribution >= 0.6 is 11.3 Å². The average molecular weight is 400 g/mol. The zero-order valence-electron chi connectivity index (χ0n) is 15.2.